The number of alkyl halides is 3. The van der Waals surface area contributed by atoms with E-state index in [2.05, 4.69) is 14.7 Å². The molecule has 2 aliphatic rings. The highest BCUT2D eigenvalue weighted by molar-refractivity contribution is 5.96. The number of piperidine rings is 1. The summed E-state index contributed by atoms with van der Waals surface area (Å²) in [5, 5.41) is 14.2. The van der Waals surface area contributed by atoms with Crippen LogP contribution in [-0.4, -0.2) is 75.3 Å². The van der Waals surface area contributed by atoms with Crippen LogP contribution in [0.1, 0.15) is 41.0 Å². The summed E-state index contributed by atoms with van der Waals surface area (Å²) >= 11 is 0. The van der Waals surface area contributed by atoms with E-state index in [1.54, 1.807) is 19.9 Å². The Morgan fingerprint density at radius 1 is 1.16 bits per heavy atom. The zero-order chi connectivity index (χ0) is 23.0. The Morgan fingerprint density at radius 3 is 2.50 bits per heavy atom. The average Bonchev–Trinajstić information content (AvgIpc) is 3.29. The maximum absolute atomic E-state index is 13.3. The zero-order valence-corrected chi connectivity index (χ0v) is 18.1. The van der Waals surface area contributed by atoms with Crippen molar-refractivity contribution in [1.82, 2.24) is 19.6 Å². The van der Waals surface area contributed by atoms with E-state index < -0.39 is 6.36 Å². The predicted octanol–water partition coefficient (Wildman–Crippen LogP) is 3.06. The second-order valence-electron chi connectivity index (χ2n) is 8.46. The third kappa shape index (κ3) is 4.75. The molecule has 2 aromatic rings. The fourth-order valence-electron chi connectivity index (χ4n) is 4.71. The fourth-order valence-corrected chi connectivity index (χ4v) is 4.71. The highest BCUT2D eigenvalue weighted by atomic mass is 19.4. The number of amides is 1. The second kappa shape index (κ2) is 8.74. The van der Waals surface area contributed by atoms with E-state index in [1.807, 2.05) is 4.90 Å². The van der Waals surface area contributed by atoms with Crippen LogP contribution in [0.3, 0.4) is 0 Å². The molecule has 0 aliphatic carbocycles. The number of hydrogen-bond acceptors (Lipinski definition) is 5. The van der Waals surface area contributed by atoms with Gasteiger partial charge in [-0.2, -0.15) is 5.10 Å². The molecule has 0 radical (unpaired) electrons. The van der Waals surface area contributed by atoms with E-state index in [0.29, 0.717) is 48.3 Å². The molecule has 4 rings (SSSR count). The van der Waals surface area contributed by atoms with Gasteiger partial charge in [0, 0.05) is 38.3 Å². The number of carbonyl (C=O) groups is 1. The van der Waals surface area contributed by atoms with Crippen molar-refractivity contribution in [1.29, 1.82) is 0 Å². The second-order valence-corrected chi connectivity index (χ2v) is 8.46. The standard InChI is InChI=1S/C22H27F3N4O3/c1-14-20(21(31)27-9-6-16(7-10-27)28-11-8-18(30)13-28)15(2)29(26-14)17-4-3-5-19(12-17)32-22(23,24)25/h3-5,12,16,18,30H,6-11,13H2,1-2H3. The molecule has 174 valence electrons. The molecule has 1 atom stereocenters. The summed E-state index contributed by atoms with van der Waals surface area (Å²) in [6.07, 6.45) is -2.55. The molecule has 7 nitrogen and oxygen atoms in total. The number of nitrogens with zero attached hydrogens (tertiary/aromatic N) is 4. The normalized spacial score (nSPS) is 20.7. The van der Waals surface area contributed by atoms with Crippen molar-refractivity contribution in [2.45, 2.75) is 51.6 Å². The maximum atomic E-state index is 13.3. The molecule has 2 fully saturated rings. The first-order chi connectivity index (χ1) is 15.1. The molecule has 1 aromatic heterocycles. The van der Waals surface area contributed by atoms with Gasteiger partial charge in [-0.3, -0.25) is 9.69 Å². The minimum Gasteiger partial charge on any atom is -0.406 e. The number of aromatic nitrogens is 2. The highest BCUT2D eigenvalue weighted by Crippen LogP contribution is 2.28. The van der Waals surface area contributed by atoms with Gasteiger partial charge in [-0.1, -0.05) is 6.07 Å². The molecule has 0 saturated carbocycles. The largest absolute Gasteiger partial charge is 0.573 e. The molecule has 10 heteroatoms. The van der Waals surface area contributed by atoms with E-state index in [0.717, 1.165) is 25.8 Å². The molecule has 0 bridgehead atoms. The molecule has 1 unspecified atom stereocenters. The van der Waals surface area contributed by atoms with Crippen LogP contribution in [0.15, 0.2) is 24.3 Å². The van der Waals surface area contributed by atoms with Gasteiger partial charge in [0.05, 0.1) is 28.7 Å². The van der Waals surface area contributed by atoms with Crippen molar-refractivity contribution in [2.24, 2.45) is 0 Å². The number of rotatable bonds is 4. The topological polar surface area (TPSA) is 70.8 Å². The number of aliphatic hydroxyl groups is 1. The van der Waals surface area contributed by atoms with Crippen LogP contribution in [0.5, 0.6) is 5.75 Å². The van der Waals surface area contributed by atoms with Crippen molar-refractivity contribution >= 4 is 5.91 Å². The van der Waals surface area contributed by atoms with Crippen LogP contribution in [-0.2, 0) is 0 Å². The lowest BCUT2D eigenvalue weighted by Crippen LogP contribution is -2.46. The SMILES string of the molecule is Cc1nn(-c2cccc(OC(F)(F)F)c2)c(C)c1C(=O)N1CCC(N2CCC(O)C2)CC1. The van der Waals surface area contributed by atoms with E-state index in [4.69, 9.17) is 0 Å². The molecule has 0 spiro atoms. The quantitative estimate of drug-likeness (QED) is 0.772. The summed E-state index contributed by atoms with van der Waals surface area (Å²) in [6.45, 7) is 6.29. The molecule has 1 aromatic carbocycles. The zero-order valence-electron chi connectivity index (χ0n) is 18.1. The van der Waals surface area contributed by atoms with Crippen molar-refractivity contribution in [3.05, 3.63) is 41.2 Å². The number of aliphatic hydroxyl groups excluding tert-OH is 1. The van der Waals surface area contributed by atoms with Gasteiger partial charge in [0.15, 0.2) is 0 Å². The molecule has 3 heterocycles. The van der Waals surface area contributed by atoms with Crippen LogP contribution in [0.25, 0.3) is 5.69 Å². The van der Waals surface area contributed by atoms with Gasteiger partial charge in [-0.15, -0.1) is 13.2 Å². The van der Waals surface area contributed by atoms with Gasteiger partial charge in [-0.05, 0) is 45.2 Å². The Balaban J connectivity index is 1.49. The Kier molecular flexibility index (Phi) is 6.17. The van der Waals surface area contributed by atoms with E-state index >= 15 is 0 Å². The maximum Gasteiger partial charge on any atom is 0.573 e. The van der Waals surface area contributed by atoms with Gasteiger partial charge in [0.2, 0.25) is 0 Å². The monoisotopic (exact) mass is 452 g/mol. The van der Waals surface area contributed by atoms with Crippen LogP contribution in [0.2, 0.25) is 0 Å². The molecule has 1 amide bonds. The van der Waals surface area contributed by atoms with Crippen LogP contribution >= 0.6 is 0 Å². The predicted molar refractivity (Wildman–Crippen MR) is 111 cm³/mol. The van der Waals surface area contributed by atoms with E-state index in [9.17, 15) is 23.1 Å². The molecule has 32 heavy (non-hydrogen) atoms. The van der Waals surface area contributed by atoms with Gasteiger partial charge < -0.3 is 14.7 Å². The third-order valence-corrected chi connectivity index (χ3v) is 6.26. The van der Waals surface area contributed by atoms with Crippen LogP contribution in [0, 0.1) is 13.8 Å². The van der Waals surface area contributed by atoms with Gasteiger partial charge in [-0.25, -0.2) is 4.68 Å². The first-order valence-corrected chi connectivity index (χ1v) is 10.8. The molecule has 2 aliphatic heterocycles. The number of ether oxygens (including phenoxy) is 1. The molecule has 1 N–H and O–H groups in total. The summed E-state index contributed by atoms with van der Waals surface area (Å²) in [4.78, 5) is 17.4. The summed E-state index contributed by atoms with van der Waals surface area (Å²) in [7, 11) is 0. The number of β-amino-alcohol motifs (C(OH)–C–C–N with tert-alkyl or cyclic N) is 1. The van der Waals surface area contributed by atoms with Crippen LogP contribution in [0.4, 0.5) is 13.2 Å². The van der Waals surface area contributed by atoms with Crippen molar-refractivity contribution in [3.8, 4) is 11.4 Å². The highest BCUT2D eigenvalue weighted by Gasteiger charge is 2.33. The summed E-state index contributed by atoms with van der Waals surface area (Å²) in [5.74, 6) is -0.460. The number of carbonyl (C=O) groups excluding carboxylic acids is 1. The van der Waals surface area contributed by atoms with Crippen molar-refractivity contribution in [3.63, 3.8) is 0 Å². The Bertz CT molecular complexity index is 983. The Morgan fingerprint density at radius 2 is 1.88 bits per heavy atom. The minimum absolute atomic E-state index is 0.117. The van der Waals surface area contributed by atoms with E-state index in [1.165, 1.54) is 22.9 Å². The molecular weight excluding hydrogens is 425 g/mol. The number of halogens is 3. The number of hydrogen-bond donors (Lipinski definition) is 1. The fraction of sp³-hybridized carbons (Fsp3) is 0.545. The number of aryl methyl sites for hydroxylation is 1. The third-order valence-electron chi connectivity index (χ3n) is 6.26. The van der Waals surface area contributed by atoms with Gasteiger partial charge >= 0.3 is 6.36 Å². The summed E-state index contributed by atoms with van der Waals surface area (Å²) in [5.41, 5.74) is 1.96. The summed E-state index contributed by atoms with van der Waals surface area (Å²) < 4.78 is 43.2. The summed E-state index contributed by atoms with van der Waals surface area (Å²) in [6, 6.07) is 5.91. The van der Waals surface area contributed by atoms with Gasteiger partial charge in [0.25, 0.3) is 5.91 Å². The molecule has 2 saturated heterocycles. The lowest BCUT2D eigenvalue weighted by atomic mass is 10.0. The van der Waals surface area contributed by atoms with Gasteiger partial charge in [0.1, 0.15) is 5.75 Å². The lowest BCUT2D eigenvalue weighted by Gasteiger charge is -2.36. The minimum atomic E-state index is -4.78. The molecular formula is C22H27F3N4O3. The van der Waals surface area contributed by atoms with Crippen LogP contribution < -0.4 is 4.74 Å². The Labute approximate surface area is 184 Å². The smallest absolute Gasteiger partial charge is 0.406 e. The number of likely N-dealkylation sites (tertiary alicyclic amines) is 2. The van der Waals surface area contributed by atoms with E-state index in [-0.39, 0.29) is 17.8 Å². The lowest BCUT2D eigenvalue weighted by molar-refractivity contribution is -0.274. The Hall–Kier alpha value is -2.59. The number of benzene rings is 1. The van der Waals surface area contributed by atoms with Crippen molar-refractivity contribution < 1.29 is 27.8 Å². The first-order valence-electron chi connectivity index (χ1n) is 10.8. The average molecular weight is 452 g/mol. The first kappa shape index (κ1) is 22.6. The van der Waals surface area contributed by atoms with Crippen molar-refractivity contribution in [2.75, 3.05) is 26.2 Å².